The van der Waals surface area contributed by atoms with Gasteiger partial charge in [0.2, 0.25) is 0 Å². The van der Waals surface area contributed by atoms with Crippen LogP contribution in [0.15, 0.2) is 0 Å². The maximum atomic E-state index is 6.91. The predicted molar refractivity (Wildman–Crippen MR) is 34.4 cm³/mol. The van der Waals surface area contributed by atoms with Gasteiger partial charge in [-0.15, -0.1) is 0 Å². The molecule has 1 rings (SSSR count). The van der Waals surface area contributed by atoms with Crippen LogP contribution in [0.1, 0.15) is 19.3 Å². The van der Waals surface area contributed by atoms with Crippen molar-refractivity contribution in [1.82, 2.24) is 5.32 Å². The number of hydrogen-bond acceptors (Lipinski definition) is 2. The molecule has 1 aliphatic rings. The van der Waals surface area contributed by atoms with Crippen molar-refractivity contribution >= 4 is 6.21 Å². The molecule has 0 saturated carbocycles. The number of hydrogen-bond donors (Lipinski definition) is 2. The van der Waals surface area contributed by atoms with E-state index in [1.165, 1.54) is 19.1 Å². The number of nitrogens with one attached hydrogen (secondary N) is 2. The molecule has 0 aromatic heterocycles. The Morgan fingerprint density at radius 2 is 2.38 bits per heavy atom. The van der Waals surface area contributed by atoms with Gasteiger partial charge in [-0.3, -0.25) is 0 Å². The minimum atomic E-state index is 0.378. The molecule has 1 heterocycles. The lowest BCUT2D eigenvalue weighted by molar-refractivity contribution is 0.475. The van der Waals surface area contributed by atoms with E-state index < -0.39 is 0 Å². The van der Waals surface area contributed by atoms with E-state index in [0.717, 1.165) is 13.0 Å². The van der Waals surface area contributed by atoms with E-state index in [-0.39, 0.29) is 0 Å². The zero-order chi connectivity index (χ0) is 5.82. The zero-order valence-corrected chi connectivity index (χ0v) is 4.98. The SMILES string of the molecule is N=CC1CCCCN1. The summed E-state index contributed by atoms with van der Waals surface area (Å²) in [5, 5.41) is 10.1. The second-order valence-electron chi connectivity index (χ2n) is 2.22. The van der Waals surface area contributed by atoms with Crippen LogP contribution in [0.4, 0.5) is 0 Å². The summed E-state index contributed by atoms with van der Waals surface area (Å²) in [5.74, 6) is 0. The summed E-state index contributed by atoms with van der Waals surface area (Å²) in [4.78, 5) is 0. The van der Waals surface area contributed by atoms with Crippen LogP contribution < -0.4 is 5.32 Å². The highest BCUT2D eigenvalue weighted by Crippen LogP contribution is 2.03. The average Bonchev–Trinajstić information content (AvgIpc) is 1.90. The third-order valence-corrected chi connectivity index (χ3v) is 1.55. The average molecular weight is 112 g/mol. The third-order valence-electron chi connectivity index (χ3n) is 1.55. The van der Waals surface area contributed by atoms with Gasteiger partial charge in [-0.1, -0.05) is 6.42 Å². The highest BCUT2D eigenvalue weighted by atomic mass is 14.9. The molecule has 1 atom stereocenters. The Labute approximate surface area is 49.8 Å². The van der Waals surface area contributed by atoms with Crippen LogP contribution in [0.5, 0.6) is 0 Å². The number of piperidine rings is 1. The number of rotatable bonds is 1. The van der Waals surface area contributed by atoms with Gasteiger partial charge in [0.05, 0.1) is 0 Å². The van der Waals surface area contributed by atoms with Crippen LogP contribution in [0.25, 0.3) is 0 Å². The summed E-state index contributed by atoms with van der Waals surface area (Å²) in [5.41, 5.74) is 0. The van der Waals surface area contributed by atoms with Crippen molar-refractivity contribution in [3.8, 4) is 0 Å². The zero-order valence-electron chi connectivity index (χ0n) is 4.98. The van der Waals surface area contributed by atoms with E-state index in [4.69, 9.17) is 5.41 Å². The summed E-state index contributed by atoms with van der Waals surface area (Å²) >= 11 is 0. The summed E-state index contributed by atoms with van der Waals surface area (Å²) in [6.07, 6.45) is 5.22. The molecule has 2 N–H and O–H groups in total. The Kier molecular flexibility index (Phi) is 2.03. The van der Waals surface area contributed by atoms with Gasteiger partial charge >= 0.3 is 0 Å². The molecule has 2 heteroatoms. The van der Waals surface area contributed by atoms with Crippen LogP contribution in [-0.4, -0.2) is 18.8 Å². The highest BCUT2D eigenvalue weighted by Gasteiger charge is 2.07. The highest BCUT2D eigenvalue weighted by molar-refractivity contribution is 5.60. The van der Waals surface area contributed by atoms with Crippen LogP contribution in [0.3, 0.4) is 0 Å². The Morgan fingerprint density at radius 3 is 2.75 bits per heavy atom. The molecule has 1 fully saturated rings. The first-order valence-corrected chi connectivity index (χ1v) is 3.17. The van der Waals surface area contributed by atoms with Crippen molar-refractivity contribution in [1.29, 1.82) is 5.41 Å². The first-order chi connectivity index (χ1) is 3.93. The van der Waals surface area contributed by atoms with E-state index in [2.05, 4.69) is 5.32 Å². The van der Waals surface area contributed by atoms with Gasteiger partial charge in [0.15, 0.2) is 0 Å². The maximum Gasteiger partial charge on any atom is 0.0417 e. The van der Waals surface area contributed by atoms with Crippen LogP contribution in [0, 0.1) is 5.41 Å². The molecule has 1 saturated heterocycles. The molecular weight excluding hydrogens is 100 g/mol. The van der Waals surface area contributed by atoms with Gasteiger partial charge < -0.3 is 10.7 Å². The molecule has 1 aliphatic heterocycles. The topological polar surface area (TPSA) is 35.9 Å². The Morgan fingerprint density at radius 1 is 1.50 bits per heavy atom. The fourth-order valence-electron chi connectivity index (χ4n) is 1.02. The molecule has 0 aromatic rings. The summed E-state index contributed by atoms with van der Waals surface area (Å²) in [6.45, 7) is 1.10. The van der Waals surface area contributed by atoms with E-state index in [1.807, 2.05) is 0 Å². The molecule has 1 unspecified atom stereocenters. The van der Waals surface area contributed by atoms with Gasteiger partial charge in [0.25, 0.3) is 0 Å². The molecule has 8 heavy (non-hydrogen) atoms. The molecule has 0 aromatic carbocycles. The summed E-state index contributed by atoms with van der Waals surface area (Å²) in [6, 6.07) is 0.378. The molecule has 0 spiro atoms. The lowest BCUT2D eigenvalue weighted by Crippen LogP contribution is -2.34. The summed E-state index contributed by atoms with van der Waals surface area (Å²) < 4.78 is 0. The normalized spacial score (nSPS) is 29.8. The van der Waals surface area contributed by atoms with Crippen molar-refractivity contribution in [3.05, 3.63) is 0 Å². The lowest BCUT2D eigenvalue weighted by Gasteiger charge is -2.18. The monoisotopic (exact) mass is 112 g/mol. The minimum absolute atomic E-state index is 0.378. The Bertz CT molecular complexity index is 74.6. The van der Waals surface area contributed by atoms with Crippen molar-refractivity contribution in [2.45, 2.75) is 25.3 Å². The van der Waals surface area contributed by atoms with Gasteiger partial charge in [0.1, 0.15) is 0 Å². The maximum absolute atomic E-state index is 6.91. The fraction of sp³-hybridized carbons (Fsp3) is 0.833. The van der Waals surface area contributed by atoms with Gasteiger partial charge in [-0.2, -0.15) is 0 Å². The Balaban J connectivity index is 2.22. The third kappa shape index (κ3) is 1.30. The predicted octanol–water partition coefficient (Wildman–Crippen LogP) is 0.778. The quantitative estimate of drug-likeness (QED) is 0.483. The molecule has 0 amide bonds. The second-order valence-corrected chi connectivity index (χ2v) is 2.22. The van der Waals surface area contributed by atoms with E-state index in [9.17, 15) is 0 Å². The fourth-order valence-corrected chi connectivity index (χ4v) is 1.02. The smallest absolute Gasteiger partial charge is 0.0417 e. The van der Waals surface area contributed by atoms with Crippen molar-refractivity contribution in [3.63, 3.8) is 0 Å². The van der Waals surface area contributed by atoms with E-state index >= 15 is 0 Å². The largest absolute Gasteiger partial charge is 0.311 e. The van der Waals surface area contributed by atoms with Gasteiger partial charge in [-0.25, -0.2) is 0 Å². The standard InChI is InChI=1S/C6H12N2/c7-5-6-3-1-2-4-8-6/h5-8H,1-4H2. The van der Waals surface area contributed by atoms with Crippen molar-refractivity contribution in [2.75, 3.05) is 6.54 Å². The van der Waals surface area contributed by atoms with Crippen molar-refractivity contribution < 1.29 is 0 Å². The second kappa shape index (κ2) is 2.82. The summed E-state index contributed by atoms with van der Waals surface area (Å²) in [7, 11) is 0. The first kappa shape index (κ1) is 5.76. The minimum Gasteiger partial charge on any atom is -0.311 e. The van der Waals surface area contributed by atoms with Crippen LogP contribution >= 0.6 is 0 Å². The lowest BCUT2D eigenvalue weighted by atomic mass is 10.1. The van der Waals surface area contributed by atoms with E-state index in [1.54, 1.807) is 0 Å². The molecule has 0 bridgehead atoms. The Hall–Kier alpha value is -0.370. The van der Waals surface area contributed by atoms with Crippen LogP contribution in [-0.2, 0) is 0 Å². The van der Waals surface area contributed by atoms with Gasteiger partial charge in [-0.05, 0) is 19.4 Å². The first-order valence-electron chi connectivity index (χ1n) is 3.17. The molecule has 46 valence electrons. The van der Waals surface area contributed by atoms with Crippen LogP contribution in [0.2, 0.25) is 0 Å². The van der Waals surface area contributed by atoms with Gasteiger partial charge in [0, 0.05) is 12.3 Å². The molecule has 2 nitrogen and oxygen atoms in total. The molecule has 0 aliphatic carbocycles. The van der Waals surface area contributed by atoms with E-state index in [0.29, 0.717) is 6.04 Å². The molecule has 0 radical (unpaired) electrons. The molecular formula is C6H12N2. The van der Waals surface area contributed by atoms with Crippen molar-refractivity contribution in [2.24, 2.45) is 0 Å².